The lowest BCUT2D eigenvalue weighted by atomic mass is 10.3. The van der Waals surface area contributed by atoms with Crippen molar-refractivity contribution in [2.75, 3.05) is 13.1 Å². The van der Waals surface area contributed by atoms with E-state index in [4.69, 9.17) is 0 Å². The molecular weight excluding hydrogens is 173 g/mol. The first kappa shape index (κ1) is 9.15. The predicted octanol–water partition coefficient (Wildman–Crippen LogP) is 0.962. The van der Waals surface area contributed by atoms with Crippen LogP contribution in [0.5, 0.6) is 0 Å². The molecule has 70 valence electrons. The van der Waals surface area contributed by atoms with Crippen LogP contribution in [0.3, 0.4) is 0 Å². The molecule has 1 heterocycles. The third kappa shape index (κ3) is 2.28. The van der Waals surface area contributed by atoms with Crippen molar-refractivity contribution >= 4 is 6.03 Å². The Bertz CT molecular complexity index is 192. The van der Waals surface area contributed by atoms with Gasteiger partial charge in [0.15, 0.2) is 0 Å². The van der Waals surface area contributed by atoms with Crippen LogP contribution in [-0.4, -0.2) is 36.2 Å². The molecule has 0 aliphatic carbocycles. The molecular formula is C6H9F3N2O. The van der Waals surface area contributed by atoms with Crippen LogP contribution in [0.25, 0.3) is 0 Å². The lowest BCUT2D eigenvalue weighted by Crippen LogP contribution is -2.36. The Kier molecular flexibility index (Phi) is 2.16. The molecule has 1 unspecified atom stereocenters. The zero-order valence-corrected chi connectivity index (χ0v) is 6.48. The number of carbonyl (C=O) groups excluding carboxylic acids is 1. The van der Waals surface area contributed by atoms with E-state index in [1.165, 1.54) is 0 Å². The van der Waals surface area contributed by atoms with Gasteiger partial charge in [-0.3, -0.25) is 0 Å². The third-order valence-corrected chi connectivity index (χ3v) is 1.52. The van der Waals surface area contributed by atoms with E-state index in [-0.39, 0.29) is 12.6 Å². The van der Waals surface area contributed by atoms with Gasteiger partial charge in [0.25, 0.3) is 0 Å². The van der Waals surface area contributed by atoms with Gasteiger partial charge in [0, 0.05) is 12.6 Å². The highest BCUT2D eigenvalue weighted by Crippen LogP contribution is 2.18. The maximum absolute atomic E-state index is 11.8. The largest absolute Gasteiger partial charge is 0.406 e. The number of hydrogen-bond acceptors (Lipinski definition) is 1. The van der Waals surface area contributed by atoms with Gasteiger partial charge in [-0.1, -0.05) is 0 Å². The summed E-state index contributed by atoms with van der Waals surface area (Å²) in [5.74, 6) is 0. The second kappa shape index (κ2) is 2.84. The number of urea groups is 1. The highest BCUT2D eigenvalue weighted by Gasteiger charge is 2.36. The standard InChI is InChI=1S/C6H9F3N2O/c1-4-2-11(5(12)10-4)3-6(7,8)9/h4H,2-3H2,1H3,(H,10,12). The minimum absolute atomic E-state index is 0.123. The number of halogens is 3. The molecule has 3 nitrogen and oxygen atoms in total. The summed E-state index contributed by atoms with van der Waals surface area (Å²) in [6, 6.07) is -0.834. The molecule has 2 amide bonds. The summed E-state index contributed by atoms with van der Waals surface area (Å²) >= 11 is 0. The molecule has 6 heteroatoms. The maximum atomic E-state index is 11.8. The van der Waals surface area contributed by atoms with Crippen LogP contribution < -0.4 is 5.32 Å². The topological polar surface area (TPSA) is 32.3 Å². The van der Waals surface area contributed by atoms with E-state index in [0.29, 0.717) is 0 Å². The summed E-state index contributed by atoms with van der Waals surface area (Å²) < 4.78 is 35.4. The van der Waals surface area contributed by atoms with E-state index >= 15 is 0 Å². The molecule has 1 saturated heterocycles. The van der Waals surface area contributed by atoms with Gasteiger partial charge in [0.05, 0.1) is 0 Å². The lowest BCUT2D eigenvalue weighted by molar-refractivity contribution is -0.138. The quantitative estimate of drug-likeness (QED) is 0.643. The fourth-order valence-electron chi connectivity index (χ4n) is 1.11. The molecule has 1 aliphatic rings. The van der Waals surface area contributed by atoms with Gasteiger partial charge in [0.2, 0.25) is 0 Å². The zero-order valence-electron chi connectivity index (χ0n) is 6.48. The smallest absolute Gasteiger partial charge is 0.334 e. The fourth-order valence-corrected chi connectivity index (χ4v) is 1.11. The molecule has 1 rings (SSSR count). The number of amides is 2. The number of alkyl halides is 3. The summed E-state index contributed by atoms with van der Waals surface area (Å²) in [6.45, 7) is 0.621. The molecule has 0 aromatic carbocycles. The Labute approximate surface area is 67.5 Å². The van der Waals surface area contributed by atoms with E-state index < -0.39 is 18.8 Å². The predicted molar refractivity (Wildman–Crippen MR) is 35.6 cm³/mol. The van der Waals surface area contributed by atoms with E-state index in [1.54, 1.807) is 6.92 Å². The van der Waals surface area contributed by atoms with E-state index in [9.17, 15) is 18.0 Å². The van der Waals surface area contributed by atoms with Crippen LogP contribution in [0, 0.1) is 0 Å². The van der Waals surface area contributed by atoms with Crippen molar-refractivity contribution < 1.29 is 18.0 Å². The summed E-state index contributed by atoms with van der Waals surface area (Å²) in [6.07, 6.45) is -4.30. The second-order valence-electron chi connectivity index (χ2n) is 2.85. The highest BCUT2D eigenvalue weighted by molar-refractivity contribution is 5.76. The summed E-state index contributed by atoms with van der Waals surface area (Å²) in [5, 5.41) is 2.38. The molecule has 0 spiro atoms. The van der Waals surface area contributed by atoms with Crippen LogP contribution >= 0.6 is 0 Å². The SMILES string of the molecule is CC1CN(CC(F)(F)F)C(=O)N1. The molecule has 0 saturated carbocycles. The van der Waals surface area contributed by atoms with Crippen LogP contribution in [-0.2, 0) is 0 Å². The Morgan fingerprint density at radius 3 is 2.58 bits per heavy atom. The summed E-state index contributed by atoms with van der Waals surface area (Å²) in [4.78, 5) is 11.5. The second-order valence-corrected chi connectivity index (χ2v) is 2.85. The van der Waals surface area contributed by atoms with Crippen LogP contribution in [0.15, 0.2) is 0 Å². The molecule has 0 radical (unpaired) electrons. The van der Waals surface area contributed by atoms with E-state index in [1.807, 2.05) is 0 Å². The van der Waals surface area contributed by atoms with Crippen molar-refractivity contribution in [2.45, 2.75) is 19.1 Å². The molecule has 0 aromatic heterocycles. The zero-order chi connectivity index (χ0) is 9.35. The Hall–Kier alpha value is -0.940. The molecule has 0 aromatic rings. The lowest BCUT2D eigenvalue weighted by Gasteiger charge is -2.15. The van der Waals surface area contributed by atoms with E-state index in [0.717, 1.165) is 4.90 Å². The summed E-state index contributed by atoms with van der Waals surface area (Å²) in [7, 11) is 0. The van der Waals surface area contributed by atoms with Crippen molar-refractivity contribution in [3.63, 3.8) is 0 Å². The minimum atomic E-state index is -4.30. The van der Waals surface area contributed by atoms with Gasteiger partial charge in [0.1, 0.15) is 6.54 Å². The monoisotopic (exact) mass is 182 g/mol. The first-order valence-electron chi connectivity index (χ1n) is 3.50. The molecule has 1 aliphatic heterocycles. The average molecular weight is 182 g/mol. The minimum Gasteiger partial charge on any atom is -0.334 e. The van der Waals surface area contributed by atoms with Gasteiger partial charge in [-0.15, -0.1) is 0 Å². The molecule has 1 fully saturated rings. The van der Waals surface area contributed by atoms with Gasteiger partial charge in [-0.05, 0) is 6.92 Å². The van der Waals surface area contributed by atoms with Crippen LogP contribution in [0.4, 0.5) is 18.0 Å². The highest BCUT2D eigenvalue weighted by atomic mass is 19.4. The fraction of sp³-hybridized carbons (Fsp3) is 0.833. The molecule has 1 atom stereocenters. The van der Waals surface area contributed by atoms with E-state index in [2.05, 4.69) is 5.32 Å². The van der Waals surface area contributed by atoms with Crippen molar-refractivity contribution in [3.8, 4) is 0 Å². The molecule has 12 heavy (non-hydrogen) atoms. The number of rotatable bonds is 1. The van der Waals surface area contributed by atoms with Crippen molar-refractivity contribution in [3.05, 3.63) is 0 Å². The molecule has 1 N–H and O–H groups in total. The van der Waals surface area contributed by atoms with Gasteiger partial charge in [-0.2, -0.15) is 13.2 Å². The van der Waals surface area contributed by atoms with Crippen molar-refractivity contribution in [1.82, 2.24) is 10.2 Å². The maximum Gasteiger partial charge on any atom is 0.406 e. The Balaban J connectivity index is 2.49. The third-order valence-electron chi connectivity index (χ3n) is 1.52. The molecule has 0 bridgehead atoms. The Morgan fingerprint density at radius 1 is 1.67 bits per heavy atom. The van der Waals surface area contributed by atoms with Crippen molar-refractivity contribution in [2.24, 2.45) is 0 Å². The number of nitrogens with one attached hydrogen (secondary N) is 1. The normalized spacial score (nSPS) is 24.5. The number of carbonyl (C=O) groups is 1. The van der Waals surface area contributed by atoms with Gasteiger partial charge >= 0.3 is 12.2 Å². The number of hydrogen-bond donors (Lipinski definition) is 1. The first-order chi connectivity index (χ1) is 5.38. The van der Waals surface area contributed by atoms with Crippen molar-refractivity contribution in [1.29, 1.82) is 0 Å². The first-order valence-corrected chi connectivity index (χ1v) is 3.50. The summed E-state index contributed by atoms with van der Waals surface area (Å²) in [5.41, 5.74) is 0. The Morgan fingerprint density at radius 2 is 2.25 bits per heavy atom. The van der Waals surface area contributed by atoms with Crippen LogP contribution in [0.1, 0.15) is 6.92 Å². The average Bonchev–Trinajstić information content (AvgIpc) is 2.06. The van der Waals surface area contributed by atoms with Gasteiger partial charge < -0.3 is 10.2 Å². The van der Waals surface area contributed by atoms with Crippen LogP contribution in [0.2, 0.25) is 0 Å². The number of nitrogens with zero attached hydrogens (tertiary/aromatic N) is 1. The van der Waals surface area contributed by atoms with Gasteiger partial charge in [-0.25, -0.2) is 4.79 Å².